The van der Waals surface area contributed by atoms with Gasteiger partial charge in [0.15, 0.2) is 0 Å². The number of urea groups is 1. The Kier molecular flexibility index (Phi) is 8.34. The van der Waals surface area contributed by atoms with E-state index in [4.69, 9.17) is 9.47 Å². The molecule has 1 aliphatic rings. The van der Waals surface area contributed by atoms with Gasteiger partial charge >= 0.3 is 18.2 Å². The van der Waals surface area contributed by atoms with Crippen molar-refractivity contribution in [1.29, 1.82) is 0 Å². The molecule has 3 amide bonds. The molecule has 3 heterocycles. The van der Waals surface area contributed by atoms with Crippen LogP contribution in [0.15, 0.2) is 48.7 Å². The summed E-state index contributed by atoms with van der Waals surface area (Å²) in [5.74, 6) is 0.506. The molecular formula is C31H37N7O5S. The molecule has 1 unspecified atom stereocenters. The average molecular weight is 620 g/mol. The maximum atomic E-state index is 13.5. The van der Waals surface area contributed by atoms with E-state index in [0.717, 1.165) is 25.1 Å². The van der Waals surface area contributed by atoms with E-state index in [1.165, 1.54) is 27.1 Å². The topological polar surface area (TPSA) is 132 Å². The Bertz CT molecular complexity index is 1680. The van der Waals surface area contributed by atoms with Crippen LogP contribution in [0.5, 0.6) is 0 Å². The number of anilines is 3. The second-order valence-electron chi connectivity index (χ2n) is 12.8. The number of nitrogens with one attached hydrogen (secondary N) is 1. The van der Waals surface area contributed by atoms with Crippen molar-refractivity contribution in [2.45, 2.75) is 66.1 Å². The van der Waals surface area contributed by atoms with Crippen molar-refractivity contribution in [2.24, 2.45) is 5.92 Å². The van der Waals surface area contributed by atoms with Gasteiger partial charge in [-0.3, -0.25) is 0 Å². The molecule has 1 N–H and O–H groups in total. The third kappa shape index (κ3) is 7.16. The third-order valence-electron chi connectivity index (χ3n) is 6.65. The van der Waals surface area contributed by atoms with Gasteiger partial charge in [0.1, 0.15) is 16.2 Å². The number of hydrogen-bond acceptors (Lipinski definition) is 9. The first-order chi connectivity index (χ1) is 20.7. The highest BCUT2D eigenvalue weighted by atomic mass is 32.1. The summed E-state index contributed by atoms with van der Waals surface area (Å²) in [5.41, 5.74) is 1.00. The standard InChI is InChI=1S/C31H37N7O5S/c1-19-14-15-36(18-19)26(39)33-22-10-8-20(9-11-22)25-34-35-27(44-25)37(28(40)42-30(2,3)4)23-12-13-24-21(16-23)17-32-38(24)29(41)43-31(5,6)7/h8-13,16-17,19H,14-15,18H2,1-7H3,(H,33,39). The largest absolute Gasteiger partial charge is 0.443 e. The van der Waals surface area contributed by atoms with Crippen molar-refractivity contribution in [3.05, 3.63) is 48.7 Å². The molecule has 5 rings (SSSR count). The molecule has 2 aromatic heterocycles. The normalized spacial score (nSPS) is 15.3. The Labute approximate surface area is 259 Å². The summed E-state index contributed by atoms with van der Waals surface area (Å²) in [6.45, 7) is 14.4. The maximum Gasteiger partial charge on any atom is 0.435 e. The molecule has 2 aromatic carbocycles. The Hall–Kier alpha value is -4.52. The molecular weight excluding hydrogens is 582 g/mol. The fourth-order valence-corrected chi connectivity index (χ4v) is 5.51. The minimum atomic E-state index is -0.762. The first kappa shape index (κ1) is 30.9. The van der Waals surface area contributed by atoms with Crippen molar-refractivity contribution in [3.8, 4) is 10.6 Å². The number of aromatic nitrogens is 4. The number of rotatable bonds is 4. The molecule has 232 valence electrons. The highest BCUT2D eigenvalue weighted by Gasteiger charge is 2.29. The van der Waals surface area contributed by atoms with Gasteiger partial charge in [0.25, 0.3) is 0 Å². The van der Waals surface area contributed by atoms with Crippen LogP contribution in [-0.2, 0) is 9.47 Å². The predicted molar refractivity (Wildman–Crippen MR) is 169 cm³/mol. The first-order valence-electron chi connectivity index (χ1n) is 14.4. The summed E-state index contributed by atoms with van der Waals surface area (Å²) in [5, 5.41) is 17.3. The van der Waals surface area contributed by atoms with E-state index in [9.17, 15) is 14.4 Å². The number of fused-ring (bicyclic) bond motifs is 1. The van der Waals surface area contributed by atoms with Crippen molar-refractivity contribution < 1.29 is 23.9 Å². The highest BCUT2D eigenvalue weighted by molar-refractivity contribution is 7.18. The van der Waals surface area contributed by atoms with Crippen molar-refractivity contribution in [3.63, 3.8) is 0 Å². The molecule has 1 aliphatic heterocycles. The van der Waals surface area contributed by atoms with E-state index in [2.05, 4.69) is 27.5 Å². The van der Waals surface area contributed by atoms with Gasteiger partial charge in [-0.05, 0) is 96.3 Å². The quantitative estimate of drug-likeness (QED) is 0.252. The lowest BCUT2D eigenvalue weighted by Gasteiger charge is -2.25. The Balaban J connectivity index is 1.40. The van der Waals surface area contributed by atoms with E-state index in [1.807, 2.05) is 29.2 Å². The third-order valence-corrected chi connectivity index (χ3v) is 7.61. The summed E-state index contributed by atoms with van der Waals surface area (Å²) in [7, 11) is 0. The van der Waals surface area contributed by atoms with Gasteiger partial charge in [-0.2, -0.15) is 9.78 Å². The van der Waals surface area contributed by atoms with Gasteiger partial charge in [0, 0.05) is 29.7 Å². The average Bonchev–Trinajstić information content (AvgIpc) is 3.67. The highest BCUT2D eigenvalue weighted by Crippen LogP contribution is 2.36. The molecule has 4 aromatic rings. The lowest BCUT2D eigenvalue weighted by molar-refractivity contribution is 0.0521. The molecule has 44 heavy (non-hydrogen) atoms. The van der Waals surface area contributed by atoms with Crippen LogP contribution in [0, 0.1) is 5.92 Å². The second kappa shape index (κ2) is 11.9. The fourth-order valence-electron chi connectivity index (χ4n) is 4.65. The molecule has 1 fully saturated rings. The number of carbonyl (C=O) groups is 3. The summed E-state index contributed by atoms with van der Waals surface area (Å²) in [4.78, 5) is 41.9. The number of benzene rings is 2. The van der Waals surface area contributed by atoms with E-state index in [0.29, 0.717) is 38.3 Å². The minimum Gasteiger partial charge on any atom is -0.443 e. The molecule has 0 aliphatic carbocycles. The summed E-state index contributed by atoms with van der Waals surface area (Å²) in [6.07, 6.45) is 1.31. The molecule has 0 bridgehead atoms. The van der Waals surface area contributed by atoms with E-state index in [1.54, 1.807) is 59.7 Å². The van der Waals surface area contributed by atoms with E-state index >= 15 is 0 Å². The zero-order valence-electron chi connectivity index (χ0n) is 26.0. The lowest BCUT2D eigenvalue weighted by Crippen LogP contribution is -2.33. The Morgan fingerprint density at radius 3 is 2.32 bits per heavy atom. The molecule has 1 saturated heterocycles. The van der Waals surface area contributed by atoms with Crippen molar-refractivity contribution in [1.82, 2.24) is 24.9 Å². The van der Waals surface area contributed by atoms with Crippen LogP contribution in [-0.4, -0.2) is 67.4 Å². The van der Waals surface area contributed by atoms with Gasteiger partial charge in [-0.15, -0.1) is 10.2 Å². The SMILES string of the molecule is CC1CCN(C(=O)Nc2ccc(-c3nnc(N(C(=O)OC(C)(C)C)c4ccc5c(cnn5C(=O)OC(C)(C)C)c4)s3)cc2)C1. The zero-order chi connectivity index (χ0) is 31.8. The van der Waals surface area contributed by atoms with Crippen LogP contribution in [0.4, 0.5) is 30.9 Å². The smallest absolute Gasteiger partial charge is 0.435 e. The summed E-state index contributed by atoms with van der Waals surface area (Å²) in [6, 6.07) is 12.3. The molecule has 0 spiro atoms. The molecule has 13 heteroatoms. The number of likely N-dealkylation sites (tertiary alicyclic amines) is 1. The zero-order valence-corrected chi connectivity index (χ0v) is 26.8. The lowest BCUT2D eigenvalue weighted by atomic mass is 10.2. The van der Waals surface area contributed by atoms with E-state index in [-0.39, 0.29) is 6.03 Å². The van der Waals surface area contributed by atoms with Crippen molar-refractivity contribution in [2.75, 3.05) is 23.3 Å². The van der Waals surface area contributed by atoms with Gasteiger partial charge in [-0.1, -0.05) is 18.3 Å². The number of hydrogen-bond donors (Lipinski definition) is 1. The minimum absolute atomic E-state index is 0.109. The van der Waals surface area contributed by atoms with Crippen LogP contribution in [0.1, 0.15) is 54.9 Å². The second-order valence-corrected chi connectivity index (χ2v) is 13.8. The Morgan fingerprint density at radius 2 is 1.68 bits per heavy atom. The van der Waals surface area contributed by atoms with Gasteiger partial charge in [-0.25, -0.2) is 19.3 Å². The van der Waals surface area contributed by atoms with Crippen LogP contribution >= 0.6 is 11.3 Å². The van der Waals surface area contributed by atoms with Crippen LogP contribution in [0.2, 0.25) is 0 Å². The number of amides is 3. The van der Waals surface area contributed by atoms with Gasteiger partial charge in [0.05, 0.1) is 17.4 Å². The van der Waals surface area contributed by atoms with Gasteiger partial charge < -0.3 is 19.7 Å². The Morgan fingerprint density at radius 1 is 0.977 bits per heavy atom. The summed E-state index contributed by atoms with van der Waals surface area (Å²) >= 11 is 1.22. The van der Waals surface area contributed by atoms with E-state index < -0.39 is 23.4 Å². The molecule has 12 nitrogen and oxygen atoms in total. The first-order valence-corrected chi connectivity index (χ1v) is 15.2. The monoisotopic (exact) mass is 619 g/mol. The van der Waals surface area contributed by atoms with Crippen molar-refractivity contribution >= 4 is 57.0 Å². The van der Waals surface area contributed by atoms with Gasteiger partial charge in [0.2, 0.25) is 5.13 Å². The van der Waals surface area contributed by atoms with Crippen LogP contribution in [0.3, 0.4) is 0 Å². The fraction of sp³-hybridized carbons (Fsp3) is 0.419. The summed E-state index contributed by atoms with van der Waals surface area (Å²) < 4.78 is 12.4. The number of nitrogens with zero attached hydrogens (tertiary/aromatic N) is 6. The molecule has 1 atom stereocenters. The number of carbonyl (C=O) groups excluding carboxylic acids is 3. The molecule has 0 saturated carbocycles. The molecule has 0 radical (unpaired) electrons. The van der Waals surface area contributed by atoms with Crippen LogP contribution < -0.4 is 10.2 Å². The maximum absolute atomic E-state index is 13.5. The number of ether oxygens (including phenoxy) is 2. The van der Waals surface area contributed by atoms with Crippen LogP contribution in [0.25, 0.3) is 21.5 Å². The predicted octanol–water partition coefficient (Wildman–Crippen LogP) is 7.28.